The van der Waals surface area contributed by atoms with E-state index in [2.05, 4.69) is 0 Å². The monoisotopic (exact) mass is 574 g/mol. The molecule has 3 heterocycles. The van der Waals surface area contributed by atoms with Gasteiger partial charge in [-0.25, -0.2) is 4.79 Å². The van der Waals surface area contributed by atoms with Crippen LogP contribution < -0.4 is 0 Å². The highest BCUT2D eigenvalue weighted by molar-refractivity contribution is 5.76. The van der Waals surface area contributed by atoms with Gasteiger partial charge in [0.25, 0.3) is 5.79 Å². The van der Waals surface area contributed by atoms with Crippen LogP contribution in [0.4, 0.5) is 0 Å². The summed E-state index contributed by atoms with van der Waals surface area (Å²) in [6.07, 6.45) is -22.5. The quantitative estimate of drug-likeness (QED) is 0.116. The van der Waals surface area contributed by atoms with Gasteiger partial charge in [0.1, 0.15) is 61.0 Å². The molecule has 3 fully saturated rings. The van der Waals surface area contributed by atoms with E-state index >= 15 is 0 Å². The van der Waals surface area contributed by atoms with Crippen LogP contribution in [0, 0.1) is 5.92 Å². The minimum Gasteiger partial charge on any atom is -0.477 e. The van der Waals surface area contributed by atoms with Gasteiger partial charge in [0.15, 0.2) is 6.29 Å². The van der Waals surface area contributed by atoms with E-state index in [1.807, 2.05) is 0 Å². The third-order valence-electron chi connectivity index (χ3n) is 7.37. The summed E-state index contributed by atoms with van der Waals surface area (Å²) >= 11 is 0. The van der Waals surface area contributed by atoms with Gasteiger partial charge in [0.2, 0.25) is 0 Å². The van der Waals surface area contributed by atoms with Crippen molar-refractivity contribution in [3.8, 4) is 0 Å². The van der Waals surface area contributed by atoms with Gasteiger partial charge in [-0.15, -0.1) is 0 Å². The third-order valence-corrected chi connectivity index (χ3v) is 7.37. The molecule has 0 radical (unpaired) electrons. The molecule has 0 bridgehead atoms. The van der Waals surface area contributed by atoms with Crippen LogP contribution in [0.1, 0.15) is 13.3 Å². The minimum absolute atomic E-state index is 0.332. The van der Waals surface area contributed by atoms with E-state index in [9.17, 15) is 61.0 Å². The van der Waals surface area contributed by atoms with Crippen molar-refractivity contribution in [2.45, 2.75) is 98.7 Å². The second-order valence-electron chi connectivity index (χ2n) is 10.0. The topological polar surface area (TPSA) is 286 Å². The summed E-state index contributed by atoms with van der Waals surface area (Å²) in [5.41, 5.74) is 0. The highest BCUT2D eigenvalue weighted by Crippen LogP contribution is 2.39. The van der Waals surface area contributed by atoms with Crippen LogP contribution in [0.15, 0.2) is 0 Å². The maximum atomic E-state index is 12.4. The van der Waals surface area contributed by atoms with Crippen LogP contribution in [0.25, 0.3) is 0 Å². The van der Waals surface area contributed by atoms with Gasteiger partial charge in [0, 0.05) is 12.3 Å². The second-order valence-corrected chi connectivity index (χ2v) is 10.0. The fourth-order valence-corrected chi connectivity index (χ4v) is 4.89. The van der Waals surface area contributed by atoms with E-state index in [4.69, 9.17) is 23.7 Å². The lowest BCUT2D eigenvalue weighted by molar-refractivity contribution is -0.382. The molecule has 3 aliphatic heterocycles. The van der Waals surface area contributed by atoms with Crippen LogP contribution in [0.2, 0.25) is 0 Å². The van der Waals surface area contributed by atoms with Crippen molar-refractivity contribution >= 4 is 5.97 Å². The van der Waals surface area contributed by atoms with Gasteiger partial charge in [-0.05, 0) is 0 Å². The molecule has 0 spiro atoms. The van der Waals surface area contributed by atoms with Gasteiger partial charge in [-0.2, -0.15) is 0 Å². The molecule has 3 aliphatic rings. The fraction of sp³-hybridized carbons (Fsp3) is 0.955. The first-order valence-electron chi connectivity index (χ1n) is 12.4. The summed E-state index contributed by atoms with van der Waals surface area (Å²) in [5, 5.41) is 111. The molecule has 0 aromatic carbocycles. The van der Waals surface area contributed by atoms with Crippen molar-refractivity contribution in [3.05, 3.63) is 0 Å². The van der Waals surface area contributed by atoms with Gasteiger partial charge in [0.05, 0.1) is 38.6 Å². The molecule has 0 saturated carbocycles. The summed E-state index contributed by atoms with van der Waals surface area (Å²) < 4.78 is 27.2. The maximum absolute atomic E-state index is 12.4. The van der Waals surface area contributed by atoms with Crippen LogP contribution in [-0.2, 0) is 28.5 Å². The largest absolute Gasteiger partial charge is 0.477 e. The number of carbonyl (C=O) groups is 1. The number of aliphatic hydroxyl groups excluding tert-OH is 10. The van der Waals surface area contributed by atoms with E-state index in [1.54, 1.807) is 0 Å². The molecule has 17 nitrogen and oxygen atoms in total. The average Bonchev–Trinajstić information content (AvgIpc) is 2.91. The Labute approximate surface area is 222 Å². The molecule has 39 heavy (non-hydrogen) atoms. The molecule has 17 heteroatoms. The van der Waals surface area contributed by atoms with Crippen molar-refractivity contribution in [2.24, 2.45) is 5.92 Å². The van der Waals surface area contributed by atoms with Crippen LogP contribution in [0.3, 0.4) is 0 Å². The number of rotatable bonds is 10. The first-order chi connectivity index (χ1) is 18.3. The Morgan fingerprint density at radius 3 is 2.15 bits per heavy atom. The van der Waals surface area contributed by atoms with Gasteiger partial charge < -0.3 is 79.9 Å². The average molecular weight is 575 g/mol. The van der Waals surface area contributed by atoms with Gasteiger partial charge in [-0.1, -0.05) is 6.92 Å². The standard InChI is InChI=1S/C22H38O17/c1-7-8(26)2-22(21(33)34,38-17(7)13(29)9(27)3-23)39-19-15(31)11(4-24)36-20(16(19)32)37-18-12(5-25)35-6-10(28)14(18)30/h7-20,23-32H,2-6H2,1H3,(H,33,34)/t7-,8?,9+,10?,11?,12+,13+,14?,15?,16?,17+,18+,19?,20-,22?/m0/s1. The Hall–Kier alpha value is -1.13. The first kappa shape index (κ1) is 32.4. The summed E-state index contributed by atoms with van der Waals surface area (Å²) in [6.45, 7) is -1.41. The Kier molecular flexibility index (Phi) is 11.0. The number of carboxylic acid groups (broad SMARTS) is 1. The predicted molar refractivity (Wildman–Crippen MR) is 120 cm³/mol. The third kappa shape index (κ3) is 6.53. The Morgan fingerprint density at radius 1 is 0.949 bits per heavy atom. The molecular formula is C22H38O17. The smallest absolute Gasteiger partial charge is 0.364 e. The number of hydrogen-bond acceptors (Lipinski definition) is 16. The van der Waals surface area contributed by atoms with Crippen LogP contribution in [0.5, 0.6) is 0 Å². The number of ether oxygens (including phenoxy) is 5. The summed E-state index contributed by atoms with van der Waals surface area (Å²) in [4.78, 5) is 12.4. The summed E-state index contributed by atoms with van der Waals surface area (Å²) in [7, 11) is 0. The highest BCUT2D eigenvalue weighted by Gasteiger charge is 2.59. The zero-order chi connectivity index (χ0) is 29.2. The Morgan fingerprint density at radius 2 is 1.59 bits per heavy atom. The van der Waals surface area contributed by atoms with Crippen LogP contribution in [-0.4, -0.2) is 174 Å². The number of aliphatic carboxylic acids is 1. The molecule has 11 N–H and O–H groups in total. The minimum atomic E-state index is -2.82. The number of aliphatic hydroxyl groups is 10. The van der Waals surface area contributed by atoms with E-state index in [0.717, 1.165) is 0 Å². The van der Waals surface area contributed by atoms with Crippen molar-refractivity contribution < 1.29 is 84.7 Å². The highest BCUT2D eigenvalue weighted by atomic mass is 16.8. The van der Waals surface area contributed by atoms with Crippen molar-refractivity contribution in [3.63, 3.8) is 0 Å². The molecule has 0 aromatic rings. The van der Waals surface area contributed by atoms with Gasteiger partial charge in [-0.3, -0.25) is 0 Å². The van der Waals surface area contributed by atoms with E-state index in [1.165, 1.54) is 6.92 Å². The van der Waals surface area contributed by atoms with Crippen LogP contribution >= 0.6 is 0 Å². The molecule has 3 rings (SSSR count). The van der Waals surface area contributed by atoms with E-state index in [0.29, 0.717) is 0 Å². The molecule has 0 aliphatic carbocycles. The van der Waals surface area contributed by atoms with E-state index in [-0.39, 0.29) is 6.61 Å². The summed E-state index contributed by atoms with van der Waals surface area (Å²) in [5.74, 6) is -5.62. The SMILES string of the molecule is C[C@H]1C(O)CC(OC2C(O)C(CO)O[C@@H](O[C@H]3C(O)C(O)CO[C@@H]3CO)C2O)(C(=O)O)O[C@H]1[C@H](O)[C@H](O)CO. The lowest BCUT2D eigenvalue weighted by Gasteiger charge is -2.50. The Balaban J connectivity index is 1.90. The Bertz CT molecular complexity index is 801. The normalized spacial score (nSPS) is 46.9. The number of hydrogen-bond donors (Lipinski definition) is 11. The fourth-order valence-electron chi connectivity index (χ4n) is 4.89. The van der Waals surface area contributed by atoms with Crippen molar-refractivity contribution in [2.75, 3.05) is 26.4 Å². The lowest BCUT2D eigenvalue weighted by atomic mass is 9.84. The second kappa shape index (κ2) is 13.2. The predicted octanol–water partition coefficient (Wildman–Crippen LogP) is -6.41. The number of carboxylic acids is 1. The molecule has 8 unspecified atom stereocenters. The first-order valence-corrected chi connectivity index (χ1v) is 12.4. The zero-order valence-corrected chi connectivity index (χ0v) is 21.0. The summed E-state index contributed by atoms with van der Waals surface area (Å²) in [6, 6.07) is 0. The molecule has 0 amide bonds. The van der Waals surface area contributed by atoms with E-state index < -0.39 is 123 Å². The molecule has 0 aromatic heterocycles. The molecule has 15 atom stereocenters. The molecule has 228 valence electrons. The van der Waals surface area contributed by atoms with Crippen molar-refractivity contribution in [1.29, 1.82) is 0 Å². The van der Waals surface area contributed by atoms with Gasteiger partial charge >= 0.3 is 5.97 Å². The van der Waals surface area contributed by atoms with Crippen molar-refractivity contribution in [1.82, 2.24) is 0 Å². The maximum Gasteiger partial charge on any atom is 0.364 e. The molecule has 3 saturated heterocycles. The lowest BCUT2D eigenvalue weighted by Crippen LogP contribution is -2.68. The zero-order valence-electron chi connectivity index (χ0n) is 21.0. The molecular weight excluding hydrogens is 536 g/mol.